The lowest BCUT2D eigenvalue weighted by molar-refractivity contribution is -0.386. The second-order valence-corrected chi connectivity index (χ2v) is 5.71. The Hall–Kier alpha value is -2.16. The number of nitrogens with one attached hydrogen (secondary N) is 1. The van der Waals surface area contributed by atoms with Crippen LogP contribution in [0.4, 0.5) is 18.9 Å². The molecule has 1 saturated heterocycles. The Kier molecular flexibility index (Phi) is 3.86. The fourth-order valence-corrected chi connectivity index (χ4v) is 2.38. The van der Waals surface area contributed by atoms with Crippen molar-refractivity contribution in [3.05, 3.63) is 39.9 Å². The van der Waals surface area contributed by atoms with Gasteiger partial charge in [-0.2, -0.15) is 13.2 Å². The van der Waals surface area contributed by atoms with E-state index in [4.69, 9.17) is 0 Å². The molecule has 22 heavy (non-hydrogen) atoms. The quantitative estimate of drug-likeness (QED) is 0.687. The Morgan fingerprint density at radius 1 is 1.36 bits per heavy atom. The van der Waals surface area contributed by atoms with E-state index in [1.165, 1.54) is 26.0 Å². The molecule has 2 rings (SSSR count). The van der Waals surface area contributed by atoms with Gasteiger partial charge in [0, 0.05) is 12.6 Å². The monoisotopic (exact) mass is 317 g/mol. The number of halogens is 3. The van der Waals surface area contributed by atoms with Crippen molar-refractivity contribution in [3.8, 4) is 0 Å². The molecule has 1 heterocycles. The first-order valence-electron chi connectivity index (χ1n) is 6.42. The number of carbonyl (C=O) groups is 1. The molecule has 0 aliphatic carbocycles. The first kappa shape index (κ1) is 16.2. The summed E-state index contributed by atoms with van der Waals surface area (Å²) in [5.41, 5.74) is 0.0231. The number of nitro groups is 1. The predicted octanol–water partition coefficient (Wildman–Crippen LogP) is 2.57. The first-order valence-corrected chi connectivity index (χ1v) is 6.42. The summed E-state index contributed by atoms with van der Waals surface area (Å²) in [5.74, 6) is -0.555. The third kappa shape index (κ3) is 2.89. The van der Waals surface area contributed by atoms with Crippen LogP contribution in [0.5, 0.6) is 0 Å². The highest BCUT2D eigenvalue weighted by molar-refractivity contribution is 5.83. The van der Waals surface area contributed by atoms with Crippen molar-refractivity contribution in [1.82, 2.24) is 10.4 Å². The molecule has 120 valence electrons. The van der Waals surface area contributed by atoms with Crippen molar-refractivity contribution >= 4 is 11.6 Å². The highest BCUT2D eigenvalue weighted by atomic mass is 19.4. The van der Waals surface area contributed by atoms with Crippen LogP contribution in [-0.4, -0.2) is 28.6 Å². The number of hydrogen-bond acceptors (Lipinski definition) is 4. The number of benzene rings is 1. The number of rotatable bonds is 3. The molecule has 9 heteroatoms. The topological polar surface area (TPSA) is 75.5 Å². The molecule has 0 aromatic heterocycles. The summed E-state index contributed by atoms with van der Waals surface area (Å²) in [4.78, 5) is 21.9. The van der Waals surface area contributed by atoms with Gasteiger partial charge in [0.2, 0.25) is 5.91 Å². The van der Waals surface area contributed by atoms with Crippen LogP contribution in [0.3, 0.4) is 0 Å². The SMILES string of the molecule is CC1(C)CN(C(c2ccccc2[N+](=O)[O-])C(F)(F)F)NC1=O. The Morgan fingerprint density at radius 2 is 1.95 bits per heavy atom. The predicted molar refractivity (Wildman–Crippen MR) is 70.5 cm³/mol. The number of amides is 1. The molecule has 0 radical (unpaired) electrons. The minimum atomic E-state index is -4.78. The van der Waals surface area contributed by atoms with Crippen molar-refractivity contribution in [2.45, 2.75) is 26.1 Å². The molecule has 1 unspecified atom stereocenters. The maximum Gasteiger partial charge on any atom is 0.410 e. The highest BCUT2D eigenvalue weighted by Crippen LogP contribution is 2.43. The van der Waals surface area contributed by atoms with Crippen molar-refractivity contribution in [3.63, 3.8) is 0 Å². The molecule has 6 nitrogen and oxygen atoms in total. The number of hydrogen-bond donors (Lipinski definition) is 1. The molecule has 1 amide bonds. The number of carbonyl (C=O) groups excluding carboxylic acids is 1. The summed E-state index contributed by atoms with van der Waals surface area (Å²) in [7, 11) is 0. The third-order valence-corrected chi connectivity index (χ3v) is 3.48. The minimum absolute atomic E-state index is 0.206. The lowest BCUT2D eigenvalue weighted by Crippen LogP contribution is -2.43. The molecule has 1 aromatic carbocycles. The van der Waals surface area contributed by atoms with E-state index in [-0.39, 0.29) is 6.54 Å². The fourth-order valence-electron chi connectivity index (χ4n) is 2.38. The van der Waals surface area contributed by atoms with Gasteiger partial charge >= 0.3 is 6.18 Å². The zero-order valence-electron chi connectivity index (χ0n) is 11.8. The number of nitrogens with zero attached hydrogens (tertiary/aromatic N) is 2. The summed E-state index contributed by atoms with van der Waals surface area (Å²) in [6, 6.07) is 2.37. The van der Waals surface area contributed by atoms with E-state index in [2.05, 4.69) is 5.43 Å². The van der Waals surface area contributed by atoms with Crippen molar-refractivity contribution < 1.29 is 22.9 Å². The van der Waals surface area contributed by atoms with Gasteiger partial charge in [-0.05, 0) is 13.8 Å². The number of nitro benzene ring substituents is 1. The lowest BCUT2D eigenvalue weighted by atomic mass is 9.93. The van der Waals surface area contributed by atoms with Crippen molar-refractivity contribution in [2.75, 3.05) is 6.54 Å². The van der Waals surface area contributed by atoms with Gasteiger partial charge in [-0.1, -0.05) is 18.2 Å². The maximum atomic E-state index is 13.5. The lowest BCUT2D eigenvalue weighted by Gasteiger charge is -2.29. The normalized spacial score (nSPS) is 19.8. The largest absolute Gasteiger partial charge is 0.410 e. The third-order valence-electron chi connectivity index (χ3n) is 3.48. The van der Waals surface area contributed by atoms with Gasteiger partial charge in [0.15, 0.2) is 6.04 Å². The van der Waals surface area contributed by atoms with Gasteiger partial charge in [0.25, 0.3) is 5.69 Å². The van der Waals surface area contributed by atoms with Crippen molar-refractivity contribution in [2.24, 2.45) is 5.41 Å². The number of alkyl halides is 3. The van der Waals surface area contributed by atoms with E-state index in [0.29, 0.717) is 5.01 Å². The second kappa shape index (κ2) is 5.24. The summed E-state index contributed by atoms with van der Waals surface area (Å²) < 4.78 is 40.4. The smallest absolute Gasteiger partial charge is 0.287 e. The molecule has 1 aliphatic heterocycles. The Bertz CT molecular complexity index is 616. The number of hydrazine groups is 1. The molecular weight excluding hydrogens is 303 g/mol. The number of para-hydroxylation sites is 1. The van der Waals surface area contributed by atoms with E-state index in [0.717, 1.165) is 12.1 Å². The van der Waals surface area contributed by atoms with Gasteiger partial charge in [-0.3, -0.25) is 20.3 Å². The summed E-state index contributed by atoms with van der Waals surface area (Å²) in [6.45, 7) is 2.81. The zero-order chi connectivity index (χ0) is 16.7. The van der Waals surface area contributed by atoms with E-state index < -0.39 is 39.7 Å². The molecule has 1 aliphatic rings. The van der Waals surface area contributed by atoms with Crippen LogP contribution < -0.4 is 5.43 Å². The van der Waals surface area contributed by atoms with Crippen LogP contribution in [0.25, 0.3) is 0 Å². The molecular formula is C13H14F3N3O3. The Labute approximate surface area is 124 Å². The summed E-state index contributed by atoms with van der Waals surface area (Å²) in [5, 5.41) is 11.7. The van der Waals surface area contributed by atoms with Crippen LogP contribution in [0.1, 0.15) is 25.5 Å². The Morgan fingerprint density at radius 3 is 2.41 bits per heavy atom. The van der Waals surface area contributed by atoms with Crippen molar-refractivity contribution in [1.29, 1.82) is 0 Å². The molecule has 1 aromatic rings. The zero-order valence-corrected chi connectivity index (χ0v) is 11.8. The van der Waals surface area contributed by atoms with Crippen LogP contribution in [-0.2, 0) is 4.79 Å². The van der Waals surface area contributed by atoms with E-state index in [9.17, 15) is 28.1 Å². The average molecular weight is 317 g/mol. The second-order valence-electron chi connectivity index (χ2n) is 5.71. The van der Waals surface area contributed by atoms with Crippen LogP contribution in [0.2, 0.25) is 0 Å². The van der Waals surface area contributed by atoms with Crippen LogP contribution in [0, 0.1) is 15.5 Å². The van der Waals surface area contributed by atoms with E-state index in [1.54, 1.807) is 0 Å². The van der Waals surface area contributed by atoms with Crippen LogP contribution >= 0.6 is 0 Å². The summed E-state index contributed by atoms with van der Waals surface area (Å²) >= 11 is 0. The fraction of sp³-hybridized carbons (Fsp3) is 0.462. The van der Waals surface area contributed by atoms with E-state index in [1.807, 2.05) is 0 Å². The average Bonchev–Trinajstić information content (AvgIpc) is 2.62. The first-order chi connectivity index (χ1) is 10.0. The minimum Gasteiger partial charge on any atom is -0.287 e. The van der Waals surface area contributed by atoms with Crippen LogP contribution in [0.15, 0.2) is 24.3 Å². The Balaban J connectivity index is 2.50. The molecule has 1 atom stereocenters. The standard InChI is InChI=1S/C13H14F3N3O3/c1-12(2)7-18(17-11(12)20)10(13(14,15)16)8-5-3-4-6-9(8)19(21)22/h3-6,10H,7H2,1-2H3,(H,17,20). The van der Waals surface area contributed by atoms with Gasteiger partial charge in [-0.25, -0.2) is 5.01 Å². The summed E-state index contributed by atoms with van der Waals surface area (Å²) in [6.07, 6.45) is -4.78. The molecule has 1 N–H and O–H groups in total. The molecule has 0 bridgehead atoms. The molecule has 0 saturated carbocycles. The van der Waals surface area contributed by atoms with Gasteiger partial charge in [0.05, 0.1) is 15.9 Å². The highest BCUT2D eigenvalue weighted by Gasteiger charge is 2.52. The van der Waals surface area contributed by atoms with Gasteiger partial charge in [-0.15, -0.1) is 0 Å². The van der Waals surface area contributed by atoms with Gasteiger partial charge < -0.3 is 0 Å². The van der Waals surface area contributed by atoms with Gasteiger partial charge in [0.1, 0.15) is 0 Å². The molecule has 1 fully saturated rings. The molecule has 0 spiro atoms. The maximum absolute atomic E-state index is 13.5. The van der Waals surface area contributed by atoms with E-state index >= 15 is 0 Å².